The zero-order valence-corrected chi connectivity index (χ0v) is 12.4. The molecule has 0 saturated carbocycles. The van der Waals surface area contributed by atoms with Crippen LogP contribution in [-0.4, -0.2) is 30.9 Å². The molecule has 0 atom stereocenters. The lowest BCUT2D eigenvalue weighted by atomic mass is 10.2. The van der Waals surface area contributed by atoms with Crippen molar-refractivity contribution in [2.24, 2.45) is 0 Å². The summed E-state index contributed by atoms with van der Waals surface area (Å²) in [5.74, 6) is -1.46. The number of rotatable bonds is 4. The van der Waals surface area contributed by atoms with Gasteiger partial charge in [-0.1, -0.05) is 18.2 Å². The lowest BCUT2D eigenvalue weighted by Gasteiger charge is -2.02. The second kappa shape index (κ2) is 6.34. The number of H-pyrrole nitrogens is 1. The molecule has 2 heterocycles. The molecule has 11 heteroatoms. The minimum Gasteiger partial charge on any atom is -0.288 e. The number of alkyl halides is 3. The molecule has 0 spiro atoms. The Balaban J connectivity index is 1.68. The average molecular weight is 354 g/mol. The summed E-state index contributed by atoms with van der Waals surface area (Å²) in [6, 6.07) is 6.65. The summed E-state index contributed by atoms with van der Waals surface area (Å²) >= 11 is 0. The fraction of sp³-hybridized carbons (Fsp3) is 0.143. The number of halogens is 4. The molecule has 2 N–H and O–H groups in total. The maximum atomic E-state index is 13.6. The SMILES string of the molecule is O=C(Nc1ncn(Cc2ccccc2F)n1)c1cc(C(F)(F)F)[nH]n1. The van der Waals surface area contributed by atoms with Crippen molar-refractivity contribution in [1.82, 2.24) is 25.0 Å². The van der Waals surface area contributed by atoms with Crippen LogP contribution >= 0.6 is 0 Å². The summed E-state index contributed by atoms with van der Waals surface area (Å²) < 4.78 is 52.3. The fourth-order valence-corrected chi connectivity index (χ4v) is 1.98. The molecule has 25 heavy (non-hydrogen) atoms. The Labute approximate surface area is 137 Å². The van der Waals surface area contributed by atoms with Crippen molar-refractivity contribution in [3.05, 3.63) is 59.4 Å². The van der Waals surface area contributed by atoms with E-state index in [4.69, 9.17) is 0 Å². The lowest BCUT2D eigenvalue weighted by Crippen LogP contribution is -2.14. The number of hydrogen-bond donors (Lipinski definition) is 2. The van der Waals surface area contributed by atoms with Gasteiger partial charge in [0.15, 0.2) is 5.69 Å². The van der Waals surface area contributed by atoms with Crippen LogP contribution < -0.4 is 5.32 Å². The zero-order chi connectivity index (χ0) is 18.0. The van der Waals surface area contributed by atoms with Gasteiger partial charge in [0.25, 0.3) is 5.91 Å². The molecular weight excluding hydrogens is 344 g/mol. The maximum Gasteiger partial charge on any atom is 0.432 e. The highest BCUT2D eigenvalue weighted by Gasteiger charge is 2.33. The largest absolute Gasteiger partial charge is 0.432 e. The summed E-state index contributed by atoms with van der Waals surface area (Å²) in [5.41, 5.74) is -1.24. The van der Waals surface area contributed by atoms with E-state index in [1.165, 1.54) is 17.1 Å². The summed E-state index contributed by atoms with van der Waals surface area (Å²) in [6.07, 6.45) is -3.38. The van der Waals surface area contributed by atoms with Crippen molar-refractivity contribution in [3.8, 4) is 0 Å². The van der Waals surface area contributed by atoms with Crippen LogP contribution in [0.5, 0.6) is 0 Å². The number of anilines is 1. The molecule has 0 fully saturated rings. The topological polar surface area (TPSA) is 88.5 Å². The fourth-order valence-electron chi connectivity index (χ4n) is 1.98. The summed E-state index contributed by atoms with van der Waals surface area (Å²) in [5, 5.41) is 11.2. The first-order valence-corrected chi connectivity index (χ1v) is 6.90. The minimum absolute atomic E-state index is 0.0795. The van der Waals surface area contributed by atoms with Crippen molar-refractivity contribution in [2.75, 3.05) is 5.32 Å². The number of amides is 1. The molecule has 0 aliphatic heterocycles. The normalized spacial score (nSPS) is 11.5. The third kappa shape index (κ3) is 3.82. The Morgan fingerprint density at radius 1 is 1.28 bits per heavy atom. The van der Waals surface area contributed by atoms with Crippen molar-refractivity contribution in [2.45, 2.75) is 12.7 Å². The summed E-state index contributed by atoms with van der Waals surface area (Å²) in [7, 11) is 0. The van der Waals surface area contributed by atoms with Gasteiger partial charge in [0, 0.05) is 11.6 Å². The number of nitrogens with zero attached hydrogens (tertiary/aromatic N) is 4. The van der Waals surface area contributed by atoms with Gasteiger partial charge in [0.05, 0.1) is 6.54 Å². The quantitative estimate of drug-likeness (QED) is 0.705. The standard InChI is InChI=1S/C14H10F4N6O/c15-9-4-2-1-3-8(9)6-24-7-19-13(23-24)20-12(25)10-5-11(22-21-10)14(16,17)18/h1-5,7H,6H2,(H,21,22)(H,20,23,25). The predicted molar refractivity (Wildman–Crippen MR) is 77.1 cm³/mol. The van der Waals surface area contributed by atoms with Crippen LogP contribution in [0.3, 0.4) is 0 Å². The molecule has 3 rings (SSSR count). The molecule has 2 aromatic heterocycles. The monoisotopic (exact) mass is 354 g/mol. The van der Waals surface area contributed by atoms with E-state index in [0.29, 0.717) is 11.6 Å². The third-order valence-corrected chi connectivity index (χ3v) is 3.17. The average Bonchev–Trinajstić information content (AvgIpc) is 3.18. The van der Waals surface area contributed by atoms with Gasteiger partial charge >= 0.3 is 6.18 Å². The number of aromatic amines is 1. The number of hydrogen-bond acceptors (Lipinski definition) is 4. The molecular formula is C14H10F4N6O. The number of carbonyl (C=O) groups is 1. The van der Waals surface area contributed by atoms with Crippen molar-refractivity contribution in [3.63, 3.8) is 0 Å². The third-order valence-electron chi connectivity index (χ3n) is 3.17. The molecule has 0 unspecified atom stereocenters. The van der Waals surface area contributed by atoms with Crippen LogP contribution in [0.15, 0.2) is 36.7 Å². The van der Waals surface area contributed by atoms with Crippen LogP contribution in [0.25, 0.3) is 0 Å². The second-order valence-corrected chi connectivity index (χ2v) is 4.98. The highest BCUT2D eigenvalue weighted by atomic mass is 19.4. The molecule has 0 bridgehead atoms. The Morgan fingerprint density at radius 3 is 2.72 bits per heavy atom. The van der Waals surface area contributed by atoms with Gasteiger partial charge in [-0.15, -0.1) is 5.10 Å². The first-order chi connectivity index (χ1) is 11.8. The Hall–Kier alpha value is -3.24. The number of nitrogens with one attached hydrogen (secondary N) is 2. The molecule has 7 nitrogen and oxygen atoms in total. The molecule has 1 aromatic carbocycles. The van der Waals surface area contributed by atoms with Crippen LogP contribution in [0.2, 0.25) is 0 Å². The molecule has 0 saturated heterocycles. The highest BCUT2D eigenvalue weighted by Crippen LogP contribution is 2.27. The van der Waals surface area contributed by atoms with Crippen molar-refractivity contribution < 1.29 is 22.4 Å². The van der Waals surface area contributed by atoms with E-state index < -0.39 is 29.3 Å². The van der Waals surface area contributed by atoms with Gasteiger partial charge in [-0.3, -0.25) is 15.2 Å². The van der Waals surface area contributed by atoms with Crippen molar-refractivity contribution >= 4 is 11.9 Å². The molecule has 3 aromatic rings. The smallest absolute Gasteiger partial charge is 0.288 e. The Kier molecular flexibility index (Phi) is 4.21. The zero-order valence-electron chi connectivity index (χ0n) is 12.4. The molecule has 130 valence electrons. The maximum absolute atomic E-state index is 13.6. The van der Waals surface area contributed by atoms with Gasteiger partial charge in [-0.05, 0) is 6.07 Å². The second-order valence-electron chi connectivity index (χ2n) is 4.98. The van der Waals surface area contributed by atoms with Crippen molar-refractivity contribution in [1.29, 1.82) is 0 Å². The molecule has 1 amide bonds. The van der Waals surface area contributed by atoms with Crippen LogP contribution in [0.1, 0.15) is 21.7 Å². The van der Waals surface area contributed by atoms with Gasteiger partial charge < -0.3 is 0 Å². The van der Waals surface area contributed by atoms with E-state index in [1.807, 2.05) is 0 Å². The van der Waals surface area contributed by atoms with Gasteiger partial charge in [-0.2, -0.15) is 18.3 Å². The van der Waals surface area contributed by atoms with Gasteiger partial charge in [0.1, 0.15) is 17.8 Å². The predicted octanol–water partition coefficient (Wildman–Crippen LogP) is 2.46. The number of benzene rings is 1. The van der Waals surface area contributed by atoms with E-state index in [0.717, 1.165) is 0 Å². The van der Waals surface area contributed by atoms with Crippen LogP contribution in [0.4, 0.5) is 23.5 Å². The first-order valence-electron chi connectivity index (χ1n) is 6.90. The van der Waals surface area contributed by atoms with Gasteiger partial charge in [-0.25, -0.2) is 14.1 Å². The summed E-state index contributed by atoms with van der Waals surface area (Å²) in [6.45, 7) is 0.0795. The minimum atomic E-state index is -4.63. The first kappa shape index (κ1) is 16.6. The van der Waals surface area contributed by atoms with Gasteiger partial charge in [0.2, 0.25) is 5.95 Å². The van der Waals surface area contributed by atoms with E-state index in [-0.39, 0.29) is 12.5 Å². The Bertz CT molecular complexity index is 901. The number of aromatic nitrogens is 5. The van der Waals surface area contributed by atoms with E-state index >= 15 is 0 Å². The lowest BCUT2D eigenvalue weighted by molar-refractivity contribution is -0.141. The highest BCUT2D eigenvalue weighted by molar-refractivity contribution is 6.01. The number of carbonyl (C=O) groups excluding carboxylic acids is 1. The van der Waals surface area contributed by atoms with E-state index in [9.17, 15) is 22.4 Å². The Morgan fingerprint density at radius 2 is 2.04 bits per heavy atom. The van der Waals surface area contributed by atoms with Crippen LogP contribution in [-0.2, 0) is 12.7 Å². The summed E-state index contributed by atoms with van der Waals surface area (Å²) in [4.78, 5) is 15.7. The molecule has 0 aliphatic carbocycles. The molecule has 0 aliphatic rings. The van der Waals surface area contributed by atoms with E-state index in [2.05, 4.69) is 20.5 Å². The van der Waals surface area contributed by atoms with E-state index in [1.54, 1.807) is 23.3 Å². The van der Waals surface area contributed by atoms with Crippen LogP contribution in [0, 0.1) is 5.82 Å². The molecule has 0 radical (unpaired) electrons.